The van der Waals surface area contributed by atoms with E-state index in [1.165, 1.54) is 12.2 Å². The molecule has 1 fully saturated rings. The van der Waals surface area contributed by atoms with E-state index >= 15 is 0 Å². The van der Waals surface area contributed by atoms with Crippen LogP contribution in [0.4, 0.5) is 0 Å². The molecule has 4 nitrogen and oxygen atoms in total. The van der Waals surface area contributed by atoms with Crippen LogP contribution in [0.1, 0.15) is 26.2 Å². The quantitative estimate of drug-likeness (QED) is 0.473. The number of rotatable bonds is 2. The Bertz CT molecular complexity index is 265. The van der Waals surface area contributed by atoms with Crippen LogP contribution in [-0.2, 0) is 9.59 Å². The molecule has 0 aromatic carbocycles. The molecule has 4 heteroatoms. The fourth-order valence-corrected chi connectivity index (χ4v) is 1.76. The highest BCUT2D eigenvalue weighted by atomic mass is 16.1. The maximum Gasteiger partial charge on any atom is 0.235 e. The first-order valence-corrected chi connectivity index (χ1v) is 4.42. The molecule has 0 aromatic heterocycles. The number of carbonyl (C=O) groups excluding carboxylic acids is 2. The first-order chi connectivity index (χ1) is 6.27. The van der Waals surface area contributed by atoms with Gasteiger partial charge in [0.15, 0.2) is 0 Å². The summed E-state index contributed by atoms with van der Waals surface area (Å²) in [5.41, 5.74) is 0. The van der Waals surface area contributed by atoms with Gasteiger partial charge in [0.1, 0.15) is 0 Å². The van der Waals surface area contributed by atoms with Gasteiger partial charge in [0.25, 0.3) is 0 Å². The van der Waals surface area contributed by atoms with Crippen LogP contribution in [0.25, 0.3) is 0 Å². The first-order valence-electron chi connectivity index (χ1n) is 4.42. The molecule has 0 aromatic rings. The molecule has 1 aliphatic rings. The average Bonchev–Trinajstić information content (AvgIpc) is 2.10. The molecule has 3 unspecified atom stereocenters. The Morgan fingerprint density at radius 1 is 1.08 bits per heavy atom. The zero-order chi connectivity index (χ0) is 9.68. The van der Waals surface area contributed by atoms with Crippen LogP contribution < -0.4 is 0 Å². The minimum Gasteiger partial charge on any atom is -0.211 e. The van der Waals surface area contributed by atoms with Gasteiger partial charge in [-0.25, -0.2) is 19.6 Å². The summed E-state index contributed by atoms with van der Waals surface area (Å²) in [4.78, 5) is 27.5. The molecule has 0 aliphatic heterocycles. The molecule has 1 saturated carbocycles. The molecule has 0 spiro atoms. The average molecular weight is 180 g/mol. The Labute approximate surface area is 76.8 Å². The zero-order valence-electron chi connectivity index (χ0n) is 7.56. The van der Waals surface area contributed by atoms with E-state index in [-0.39, 0.29) is 12.1 Å². The number of hydrogen-bond donors (Lipinski definition) is 0. The van der Waals surface area contributed by atoms with Crippen molar-refractivity contribution in [2.75, 3.05) is 0 Å². The fourth-order valence-electron chi connectivity index (χ4n) is 1.76. The Kier molecular flexibility index (Phi) is 3.56. The lowest BCUT2D eigenvalue weighted by Gasteiger charge is -2.27. The molecule has 1 aliphatic carbocycles. The molecule has 0 amide bonds. The zero-order valence-corrected chi connectivity index (χ0v) is 7.56. The van der Waals surface area contributed by atoms with Crippen LogP contribution >= 0.6 is 0 Å². The summed E-state index contributed by atoms with van der Waals surface area (Å²) in [5.74, 6) is 0.542. The van der Waals surface area contributed by atoms with E-state index in [0.29, 0.717) is 5.92 Å². The first kappa shape index (κ1) is 9.85. The van der Waals surface area contributed by atoms with E-state index in [1.54, 1.807) is 0 Å². The van der Waals surface area contributed by atoms with Gasteiger partial charge in [0, 0.05) is 0 Å². The van der Waals surface area contributed by atoms with Crippen molar-refractivity contribution in [1.29, 1.82) is 0 Å². The summed E-state index contributed by atoms with van der Waals surface area (Å²) < 4.78 is 0. The molecule has 1 rings (SSSR count). The molecule has 70 valence electrons. The lowest BCUT2D eigenvalue weighted by atomic mass is 9.84. The maximum atomic E-state index is 10.1. The van der Waals surface area contributed by atoms with Crippen molar-refractivity contribution in [1.82, 2.24) is 0 Å². The normalized spacial score (nSPS) is 32.8. The van der Waals surface area contributed by atoms with E-state index in [4.69, 9.17) is 0 Å². The molecule has 3 atom stereocenters. The molecule has 0 bridgehead atoms. The number of aliphatic imine (C=N–C) groups is 2. The molecular weight excluding hydrogens is 168 g/mol. The van der Waals surface area contributed by atoms with Crippen molar-refractivity contribution in [3.63, 3.8) is 0 Å². The third-order valence-electron chi connectivity index (χ3n) is 2.48. The molecular formula is C9H12N2O2. The van der Waals surface area contributed by atoms with Crippen molar-refractivity contribution >= 4 is 12.2 Å². The summed E-state index contributed by atoms with van der Waals surface area (Å²) in [5, 5.41) is 0. The third-order valence-corrected chi connectivity index (χ3v) is 2.48. The number of nitrogens with zero attached hydrogens (tertiary/aromatic N) is 2. The van der Waals surface area contributed by atoms with Crippen LogP contribution in [0.2, 0.25) is 0 Å². The minimum absolute atomic E-state index is 0.157. The Balaban J connectivity index is 2.70. The summed E-state index contributed by atoms with van der Waals surface area (Å²) >= 11 is 0. The SMILES string of the molecule is CC1CCC(N=C=O)C(N=C=O)C1. The second-order valence-electron chi connectivity index (χ2n) is 3.49. The van der Waals surface area contributed by atoms with Gasteiger partial charge in [-0.1, -0.05) is 6.92 Å². The minimum atomic E-state index is -0.164. The van der Waals surface area contributed by atoms with Crippen molar-refractivity contribution < 1.29 is 9.59 Å². The Morgan fingerprint density at radius 3 is 2.31 bits per heavy atom. The Morgan fingerprint density at radius 2 is 1.69 bits per heavy atom. The van der Waals surface area contributed by atoms with E-state index < -0.39 is 0 Å². The van der Waals surface area contributed by atoms with Gasteiger partial charge in [0.05, 0.1) is 12.1 Å². The highest BCUT2D eigenvalue weighted by molar-refractivity contribution is 5.36. The third kappa shape index (κ3) is 2.62. The maximum absolute atomic E-state index is 10.1. The molecule has 0 saturated heterocycles. The van der Waals surface area contributed by atoms with Crippen LogP contribution in [0.5, 0.6) is 0 Å². The fraction of sp³-hybridized carbons (Fsp3) is 0.778. The van der Waals surface area contributed by atoms with Gasteiger partial charge >= 0.3 is 0 Å². The van der Waals surface area contributed by atoms with E-state index in [2.05, 4.69) is 16.9 Å². The van der Waals surface area contributed by atoms with Crippen LogP contribution in [-0.4, -0.2) is 24.2 Å². The van der Waals surface area contributed by atoms with E-state index in [1.807, 2.05) is 0 Å². The van der Waals surface area contributed by atoms with E-state index in [9.17, 15) is 9.59 Å². The summed E-state index contributed by atoms with van der Waals surface area (Å²) in [7, 11) is 0. The summed E-state index contributed by atoms with van der Waals surface area (Å²) in [6, 6.07) is -0.321. The molecule has 0 N–H and O–H groups in total. The predicted octanol–water partition coefficient (Wildman–Crippen LogP) is 1.22. The van der Waals surface area contributed by atoms with Gasteiger partial charge < -0.3 is 0 Å². The van der Waals surface area contributed by atoms with Crippen molar-refractivity contribution in [2.45, 2.75) is 38.3 Å². The monoisotopic (exact) mass is 180 g/mol. The highest BCUT2D eigenvalue weighted by Crippen LogP contribution is 2.27. The van der Waals surface area contributed by atoms with Gasteiger partial charge in [-0.15, -0.1) is 0 Å². The smallest absolute Gasteiger partial charge is 0.211 e. The Hall–Kier alpha value is -1.24. The molecule has 13 heavy (non-hydrogen) atoms. The highest BCUT2D eigenvalue weighted by Gasteiger charge is 2.28. The van der Waals surface area contributed by atoms with Crippen LogP contribution in [0.15, 0.2) is 9.98 Å². The summed E-state index contributed by atoms with van der Waals surface area (Å²) in [6.45, 7) is 2.11. The largest absolute Gasteiger partial charge is 0.235 e. The topological polar surface area (TPSA) is 58.9 Å². The van der Waals surface area contributed by atoms with Crippen LogP contribution in [0, 0.1) is 5.92 Å². The van der Waals surface area contributed by atoms with Crippen molar-refractivity contribution in [3.05, 3.63) is 0 Å². The van der Waals surface area contributed by atoms with Gasteiger partial charge in [0.2, 0.25) is 12.2 Å². The van der Waals surface area contributed by atoms with Crippen molar-refractivity contribution in [2.24, 2.45) is 15.9 Å². The summed E-state index contributed by atoms with van der Waals surface area (Å²) in [6.07, 6.45) is 5.71. The molecule has 0 heterocycles. The molecule has 0 radical (unpaired) electrons. The second-order valence-corrected chi connectivity index (χ2v) is 3.49. The van der Waals surface area contributed by atoms with E-state index in [0.717, 1.165) is 19.3 Å². The lowest BCUT2D eigenvalue weighted by molar-refractivity contribution is 0.308. The van der Waals surface area contributed by atoms with Gasteiger partial charge in [-0.2, -0.15) is 0 Å². The lowest BCUT2D eigenvalue weighted by Crippen LogP contribution is -2.30. The van der Waals surface area contributed by atoms with Crippen LogP contribution in [0.3, 0.4) is 0 Å². The predicted molar refractivity (Wildman–Crippen MR) is 46.8 cm³/mol. The van der Waals surface area contributed by atoms with Gasteiger partial charge in [-0.3, -0.25) is 0 Å². The van der Waals surface area contributed by atoms with Gasteiger partial charge in [-0.05, 0) is 25.2 Å². The standard InChI is InChI=1S/C9H12N2O2/c1-7-2-3-8(10-5-12)9(4-7)11-6-13/h7-9H,2-4H2,1H3. The second kappa shape index (κ2) is 4.70. The van der Waals surface area contributed by atoms with Crippen molar-refractivity contribution in [3.8, 4) is 0 Å². The number of hydrogen-bond acceptors (Lipinski definition) is 4. The number of isocyanates is 2.